The molecule has 1 aliphatic rings. The van der Waals surface area contributed by atoms with E-state index in [4.69, 9.17) is 9.47 Å². The summed E-state index contributed by atoms with van der Waals surface area (Å²) in [6.07, 6.45) is 1.46. The highest BCUT2D eigenvalue weighted by atomic mass is 32.2. The molecule has 10 heteroatoms. The van der Waals surface area contributed by atoms with Crippen LogP contribution in [0.3, 0.4) is 0 Å². The minimum atomic E-state index is -3.89. The first-order chi connectivity index (χ1) is 13.3. The number of sulfonamides is 1. The van der Waals surface area contributed by atoms with E-state index in [1.807, 2.05) is 13.8 Å². The van der Waals surface area contributed by atoms with Crippen molar-refractivity contribution in [1.82, 2.24) is 9.62 Å². The first-order valence-electron chi connectivity index (χ1n) is 9.13. The van der Waals surface area contributed by atoms with E-state index in [9.17, 15) is 22.4 Å². The van der Waals surface area contributed by atoms with Gasteiger partial charge in [0.1, 0.15) is 5.82 Å². The Hall–Kier alpha value is -2.04. The van der Waals surface area contributed by atoms with Gasteiger partial charge in [-0.3, -0.25) is 4.79 Å². The summed E-state index contributed by atoms with van der Waals surface area (Å²) in [7, 11) is -3.89. The zero-order valence-electron chi connectivity index (χ0n) is 15.9. The lowest BCUT2D eigenvalue weighted by molar-refractivity contribution is -0.125. The summed E-state index contributed by atoms with van der Waals surface area (Å²) in [4.78, 5) is 23.8. The number of hydrogen-bond acceptors (Lipinski definition) is 6. The highest BCUT2D eigenvalue weighted by Gasteiger charge is 2.28. The van der Waals surface area contributed by atoms with Gasteiger partial charge in [0.25, 0.3) is 5.91 Å². The Kier molecular flexibility index (Phi) is 7.90. The van der Waals surface area contributed by atoms with E-state index in [0.29, 0.717) is 0 Å². The number of hydrogen-bond donors (Lipinski definition) is 1. The van der Waals surface area contributed by atoms with Crippen LogP contribution in [0.5, 0.6) is 0 Å². The standard InChI is InChI=1S/C18H25FN2O6S/c1-3-13(4-2)20-17(22)12-27-18(23)15-11-14(5-6-16(15)19)28(24,25)21-7-9-26-10-8-21/h5-6,11,13H,3-4,7-10,12H2,1-2H3,(H,20,22). The molecule has 1 heterocycles. The van der Waals surface area contributed by atoms with Crippen LogP contribution in [0.25, 0.3) is 0 Å². The van der Waals surface area contributed by atoms with E-state index in [-0.39, 0.29) is 37.2 Å². The number of ether oxygens (including phenoxy) is 2. The predicted octanol–water partition coefficient (Wildman–Crippen LogP) is 1.31. The summed E-state index contributed by atoms with van der Waals surface area (Å²) in [5, 5.41) is 2.69. The summed E-state index contributed by atoms with van der Waals surface area (Å²) in [5.41, 5.74) is -0.537. The lowest BCUT2D eigenvalue weighted by Gasteiger charge is -2.26. The molecule has 0 bridgehead atoms. The number of nitrogens with one attached hydrogen (secondary N) is 1. The van der Waals surface area contributed by atoms with Gasteiger partial charge in [-0.25, -0.2) is 17.6 Å². The number of esters is 1. The van der Waals surface area contributed by atoms with Crippen molar-refractivity contribution in [1.29, 1.82) is 0 Å². The molecule has 28 heavy (non-hydrogen) atoms. The summed E-state index contributed by atoms with van der Waals surface area (Å²) in [6.45, 7) is 4.13. The molecule has 0 aliphatic carbocycles. The predicted molar refractivity (Wildman–Crippen MR) is 98.8 cm³/mol. The van der Waals surface area contributed by atoms with Crippen molar-refractivity contribution >= 4 is 21.9 Å². The monoisotopic (exact) mass is 416 g/mol. The Morgan fingerprint density at radius 2 is 1.89 bits per heavy atom. The van der Waals surface area contributed by atoms with Crippen molar-refractivity contribution in [3.8, 4) is 0 Å². The van der Waals surface area contributed by atoms with Crippen molar-refractivity contribution in [3.63, 3.8) is 0 Å². The molecule has 1 fully saturated rings. The van der Waals surface area contributed by atoms with Gasteiger partial charge in [0.2, 0.25) is 10.0 Å². The van der Waals surface area contributed by atoms with Crippen molar-refractivity contribution in [3.05, 3.63) is 29.6 Å². The molecule has 1 N–H and O–H groups in total. The SMILES string of the molecule is CCC(CC)NC(=O)COC(=O)c1cc(S(=O)(=O)N2CCOCC2)ccc1F. The van der Waals surface area contributed by atoms with Crippen molar-refractivity contribution < 1.29 is 31.9 Å². The van der Waals surface area contributed by atoms with Crippen LogP contribution in [-0.4, -0.2) is 63.6 Å². The Bertz CT molecular complexity index is 804. The van der Waals surface area contributed by atoms with E-state index in [2.05, 4.69) is 5.32 Å². The van der Waals surface area contributed by atoms with Gasteiger partial charge in [0.05, 0.1) is 23.7 Å². The number of carbonyl (C=O) groups excluding carboxylic acids is 2. The first kappa shape index (κ1) is 22.3. The highest BCUT2D eigenvalue weighted by molar-refractivity contribution is 7.89. The number of carbonyl (C=O) groups is 2. The molecule has 1 aliphatic heterocycles. The molecule has 1 aromatic carbocycles. The molecule has 0 atom stereocenters. The molecule has 1 saturated heterocycles. The van der Waals surface area contributed by atoms with Crippen molar-refractivity contribution in [2.75, 3.05) is 32.9 Å². The lowest BCUT2D eigenvalue weighted by Crippen LogP contribution is -2.40. The minimum Gasteiger partial charge on any atom is -0.452 e. The molecular formula is C18H25FN2O6S. The summed E-state index contributed by atoms with van der Waals surface area (Å²) in [5.74, 6) is -2.53. The molecule has 0 saturated carbocycles. The van der Waals surface area contributed by atoms with Crippen molar-refractivity contribution in [2.24, 2.45) is 0 Å². The number of amides is 1. The third kappa shape index (κ3) is 5.49. The topological polar surface area (TPSA) is 102 Å². The maximum absolute atomic E-state index is 14.1. The average Bonchev–Trinajstić information content (AvgIpc) is 2.71. The van der Waals surface area contributed by atoms with Gasteiger partial charge in [-0.05, 0) is 31.0 Å². The number of nitrogens with zero attached hydrogens (tertiary/aromatic N) is 1. The average molecular weight is 416 g/mol. The summed E-state index contributed by atoms with van der Waals surface area (Å²) >= 11 is 0. The first-order valence-corrected chi connectivity index (χ1v) is 10.6. The Labute approximate surface area is 164 Å². The number of benzene rings is 1. The molecule has 0 radical (unpaired) electrons. The second-order valence-corrected chi connectivity index (χ2v) is 8.25. The van der Waals surface area contributed by atoms with Gasteiger partial charge in [-0.1, -0.05) is 13.8 Å². The molecule has 0 spiro atoms. The lowest BCUT2D eigenvalue weighted by atomic mass is 10.2. The fourth-order valence-corrected chi connectivity index (χ4v) is 4.16. The second kappa shape index (κ2) is 9.94. The Balaban J connectivity index is 2.10. The van der Waals surface area contributed by atoms with Crippen LogP contribution in [0.4, 0.5) is 4.39 Å². The minimum absolute atomic E-state index is 0.0371. The maximum Gasteiger partial charge on any atom is 0.341 e. The van der Waals surface area contributed by atoms with Crippen LogP contribution < -0.4 is 5.32 Å². The van der Waals surface area contributed by atoms with E-state index in [1.54, 1.807) is 0 Å². The van der Waals surface area contributed by atoms with E-state index < -0.39 is 39.9 Å². The summed E-state index contributed by atoms with van der Waals surface area (Å²) < 4.78 is 50.6. The zero-order valence-corrected chi connectivity index (χ0v) is 16.8. The largest absolute Gasteiger partial charge is 0.452 e. The van der Waals surface area contributed by atoms with Crippen molar-refractivity contribution in [2.45, 2.75) is 37.6 Å². The molecule has 0 aromatic heterocycles. The fraction of sp³-hybridized carbons (Fsp3) is 0.556. The van der Waals surface area contributed by atoms with Gasteiger partial charge in [0.15, 0.2) is 6.61 Å². The zero-order chi connectivity index (χ0) is 20.7. The smallest absolute Gasteiger partial charge is 0.341 e. The second-order valence-electron chi connectivity index (χ2n) is 6.32. The third-order valence-electron chi connectivity index (χ3n) is 4.45. The van der Waals surface area contributed by atoms with Crippen LogP contribution in [0.1, 0.15) is 37.0 Å². The van der Waals surface area contributed by atoms with E-state index in [1.165, 1.54) is 4.31 Å². The molecular weight excluding hydrogens is 391 g/mol. The molecule has 8 nitrogen and oxygen atoms in total. The maximum atomic E-state index is 14.1. The van der Waals surface area contributed by atoms with Crippen LogP contribution in [0.2, 0.25) is 0 Å². The number of halogens is 1. The third-order valence-corrected chi connectivity index (χ3v) is 6.35. The van der Waals surface area contributed by atoms with Gasteiger partial charge >= 0.3 is 5.97 Å². The van der Waals surface area contributed by atoms with Crippen LogP contribution in [0.15, 0.2) is 23.1 Å². The molecule has 0 unspecified atom stereocenters. The molecule has 1 amide bonds. The van der Waals surface area contributed by atoms with Gasteiger partial charge in [0, 0.05) is 19.1 Å². The van der Waals surface area contributed by atoms with Gasteiger partial charge in [-0.15, -0.1) is 0 Å². The number of morpholine rings is 1. The van der Waals surface area contributed by atoms with Gasteiger partial charge < -0.3 is 14.8 Å². The number of rotatable bonds is 8. The van der Waals surface area contributed by atoms with Crippen LogP contribution >= 0.6 is 0 Å². The van der Waals surface area contributed by atoms with E-state index >= 15 is 0 Å². The van der Waals surface area contributed by atoms with E-state index in [0.717, 1.165) is 31.0 Å². The Morgan fingerprint density at radius 1 is 1.25 bits per heavy atom. The highest BCUT2D eigenvalue weighted by Crippen LogP contribution is 2.21. The normalized spacial score (nSPS) is 15.4. The van der Waals surface area contributed by atoms with Gasteiger partial charge in [-0.2, -0.15) is 4.31 Å². The fourth-order valence-electron chi connectivity index (χ4n) is 2.73. The van der Waals surface area contributed by atoms with Crippen LogP contribution in [-0.2, 0) is 24.3 Å². The Morgan fingerprint density at radius 3 is 2.50 bits per heavy atom. The molecule has 2 rings (SSSR count). The quantitative estimate of drug-likeness (QED) is 0.641. The molecule has 1 aromatic rings. The van der Waals surface area contributed by atoms with Crippen LogP contribution in [0, 0.1) is 5.82 Å². The summed E-state index contributed by atoms with van der Waals surface area (Å²) in [6, 6.07) is 2.89. The molecule has 156 valence electrons.